The number of ether oxygens (including phenoxy) is 2. The molecular formula is C11H12BrNO2S. The molecule has 1 fully saturated rings. The van der Waals surface area contributed by atoms with Gasteiger partial charge in [0.25, 0.3) is 0 Å². The molecule has 0 saturated carbocycles. The minimum absolute atomic E-state index is 0.155. The van der Waals surface area contributed by atoms with Gasteiger partial charge in [-0.25, -0.2) is 0 Å². The van der Waals surface area contributed by atoms with E-state index in [1.54, 1.807) is 0 Å². The summed E-state index contributed by atoms with van der Waals surface area (Å²) < 4.78 is 11.9. The van der Waals surface area contributed by atoms with Crippen LogP contribution >= 0.6 is 28.1 Å². The highest BCUT2D eigenvalue weighted by Gasteiger charge is 2.17. The van der Waals surface area contributed by atoms with E-state index in [1.807, 2.05) is 18.2 Å². The van der Waals surface area contributed by atoms with Gasteiger partial charge in [0.1, 0.15) is 16.8 Å². The average molecular weight is 302 g/mol. The first kappa shape index (κ1) is 11.8. The van der Waals surface area contributed by atoms with Crippen LogP contribution in [0.25, 0.3) is 0 Å². The van der Waals surface area contributed by atoms with E-state index in [1.165, 1.54) is 0 Å². The maximum Gasteiger partial charge on any atom is 0.124 e. The van der Waals surface area contributed by atoms with E-state index in [-0.39, 0.29) is 6.10 Å². The summed E-state index contributed by atoms with van der Waals surface area (Å²) in [5.41, 5.74) is 6.39. The Bertz CT molecular complexity index is 405. The Kier molecular flexibility index (Phi) is 3.78. The van der Waals surface area contributed by atoms with Crippen LogP contribution < -0.4 is 10.5 Å². The fraction of sp³-hybridized carbons (Fsp3) is 0.364. The monoisotopic (exact) mass is 301 g/mol. The van der Waals surface area contributed by atoms with Gasteiger partial charge in [-0.3, -0.25) is 0 Å². The summed E-state index contributed by atoms with van der Waals surface area (Å²) >= 11 is 8.34. The van der Waals surface area contributed by atoms with Crippen molar-refractivity contribution < 1.29 is 9.47 Å². The van der Waals surface area contributed by atoms with Gasteiger partial charge < -0.3 is 15.2 Å². The number of thiocarbonyl (C=S) groups is 1. The maximum atomic E-state index is 5.75. The molecule has 0 aromatic heterocycles. The van der Waals surface area contributed by atoms with Crippen LogP contribution in [0.2, 0.25) is 0 Å². The van der Waals surface area contributed by atoms with Crippen molar-refractivity contribution in [2.45, 2.75) is 12.5 Å². The predicted molar refractivity (Wildman–Crippen MR) is 69.9 cm³/mol. The van der Waals surface area contributed by atoms with Gasteiger partial charge in [0.2, 0.25) is 0 Å². The molecule has 1 aromatic carbocycles. The summed E-state index contributed by atoms with van der Waals surface area (Å²) in [5, 5.41) is 0. The Morgan fingerprint density at radius 3 is 2.94 bits per heavy atom. The van der Waals surface area contributed by atoms with Crippen molar-refractivity contribution in [3.63, 3.8) is 0 Å². The largest absolute Gasteiger partial charge is 0.488 e. The highest BCUT2D eigenvalue weighted by atomic mass is 79.9. The van der Waals surface area contributed by atoms with Gasteiger partial charge in [0.05, 0.1) is 13.2 Å². The Hall–Kier alpha value is -0.650. The van der Waals surface area contributed by atoms with Gasteiger partial charge in [-0.15, -0.1) is 0 Å². The van der Waals surface area contributed by atoms with Crippen molar-refractivity contribution in [2.75, 3.05) is 13.2 Å². The number of hydrogen-bond donors (Lipinski definition) is 1. The molecule has 2 N–H and O–H groups in total. The van der Waals surface area contributed by atoms with Crippen molar-refractivity contribution in [3.05, 3.63) is 28.2 Å². The van der Waals surface area contributed by atoms with E-state index < -0.39 is 0 Å². The Balaban J connectivity index is 2.11. The summed E-state index contributed by atoms with van der Waals surface area (Å²) in [5.74, 6) is 0.808. The van der Waals surface area contributed by atoms with Gasteiger partial charge in [-0.2, -0.15) is 0 Å². The second-order valence-electron chi connectivity index (χ2n) is 3.61. The zero-order valence-corrected chi connectivity index (χ0v) is 11.0. The van der Waals surface area contributed by atoms with Gasteiger partial charge >= 0.3 is 0 Å². The van der Waals surface area contributed by atoms with Crippen LogP contribution in [0.3, 0.4) is 0 Å². The smallest absolute Gasteiger partial charge is 0.124 e. The first-order chi connectivity index (χ1) is 7.66. The highest BCUT2D eigenvalue weighted by Crippen LogP contribution is 2.25. The summed E-state index contributed by atoms with van der Waals surface area (Å²) in [6.45, 7) is 1.44. The van der Waals surface area contributed by atoms with Crippen molar-refractivity contribution in [1.29, 1.82) is 0 Å². The van der Waals surface area contributed by atoms with Crippen molar-refractivity contribution in [2.24, 2.45) is 5.73 Å². The lowest BCUT2D eigenvalue weighted by molar-refractivity contribution is 0.141. The molecule has 0 spiro atoms. The van der Waals surface area contributed by atoms with Crippen LogP contribution in [0.5, 0.6) is 5.75 Å². The van der Waals surface area contributed by atoms with Crippen LogP contribution in [-0.2, 0) is 4.74 Å². The number of benzene rings is 1. The minimum atomic E-state index is 0.155. The van der Waals surface area contributed by atoms with Gasteiger partial charge in [-0.1, -0.05) is 12.2 Å². The Morgan fingerprint density at radius 1 is 1.56 bits per heavy atom. The predicted octanol–water partition coefficient (Wildman–Crippen LogP) is 2.25. The van der Waals surface area contributed by atoms with Crippen LogP contribution in [0, 0.1) is 0 Å². The molecule has 0 aliphatic carbocycles. The fourth-order valence-corrected chi connectivity index (χ4v) is 2.45. The molecule has 0 amide bonds. The maximum absolute atomic E-state index is 5.75. The summed E-state index contributed by atoms with van der Waals surface area (Å²) in [6, 6.07) is 5.61. The van der Waals surface area contributed by atoms with Crippen LogP contribution in [0.1, 0.15) is 12.0 Å². The van der Waals surface area contributed by atoms with E-state index >= 15 is 0 Å². The van der Waals surface area contributed by atoms with Gasteiger partial charge in [0.15, 0.2) is 0 Å². The molecule has 1 unspecified atom stereocenters. The molecular weight excluding hydrogens is 290 g/mol. The zero-order valence-electron chi connectivity index (χ0n) is 8.61. The molecule has 3 nitrogen and oxygen atoms in total. The number of hydrogen-bond acceptors (Lipinski definition) is 3. The number of halogens is 1. The minimum Gasteiger partial charge on any atom is -0.488 e. The lowest BCUT2D eigenvalue weighted by Crippen LogP contribution is -2.16. The third-order valence-corrected chi connectivity index (χ3v) is 3.27. The highest BCUT2D eigenvalue weighted by molar-refractivity contribution is 9.10. The molecule has 1 saturated heterocycles. The van der Waals surface area contributed by atoms with E-state index in [9.17, 15) is 0 Å². The summed E-state index contributed by atoms with van der Waals surface area (Å²) in [7, 11) is 0. The molecule has 1 atom stereocenters. The normalized spacial score (nSPS) is 19.7. The molecule has 0 radical (unpaired) electrons. The summed E-state index contributed by atoms with van der Waals surface area (Å²) in [4.78, 5) is 0.377. The first-order valence-electron chi connectivity index (χ1n) is 5.00. The fourth-order valence-electron chi connectivity index (χ4n) is 1.57. The Labute approximate surface area is 108 Å². The topological polar surface area (TPSA) is 44.5 Å². The van der Waals surface area contributed by atoms with Crippen LogP contribution in [-0.4, -0.2) is 24.3 Å². The molecule has 86 valence electrons. The molecule has 2 rings (SSSR count). The molecule has 1 aromatic rings. The van der Waals surface area contributed by atoms with Gasteiger partial charge in [0, 0.05) is 16.5 Å². The summed E-state index contributed by atoms with van der Waals surface area (Å²) in [6.07, 6.45) is 1.09. The van der Waals surface area contributed by atoms with Crippen molar-refractivity contribution in [1.82, 2.24) is 0 Å². The quantitative estimate of drug-likeness (QED) is 0.870. The SMILES string of the molecule is NC(=S)c1ccc(OC2CCOC2)cc1Br. The zero-order chi connectivity index (χ0) is 11.5. The standard InChI is InChI=1S/C11H12BrNO2S/c12-10-5-7(1-2-9(10)11(13)16)15-8-3-4-14-6-8/h1-2,5,8H,3-4,6H2,(H2,13,16). The van der Waals surface area contributed by atoms with Crippen LogP contribution in [0.15, 0.2) is 22.7 Å². The third-order valence-electron chi connectivity index (χ3n) is 2.40. The first-order valence-corrected chi connectivity index (χ1v) is 6.20. The second-order valence-corrected chi connectivity index (χ2v) is 4.90. The molecule has 1 heterocycles. The number of rotatable bonds is 3. The van der Waals surface area contributed by atoms with Gasteiger partial charge in [-0.05, 0) is 34.1 Å². The third kappa shape index (κ3) is 2.72. The second kappa shape index (κ2) is 5.12. The number of nitrogens with two attached hydrogens (primary N) is 1. The molecule has 1 aliphatic rings. The van der Waals surface area contributed by atoms with E-state index in [0.29, 0.717) is 11.6 Å². The molecule has 5 heteroatoms. The van der Waals surface area contributed by atoms with Crippen molar-refractivity contribution in [3.8, 4) is 5.75 Å². The van der Waals surface area contributed by atoms with E-state index in [2.05, 4.69) is 15.9 Å². The van der Waals surface area contributed by atoms with Crippen molar-refractivity contribution >= 4 is 33.1 Å². The molecule has 1 aliphatic heterocycles. The lowest BCUT2D eigenvalue weighted by atomic mass is 10.2. The van der Waals surface area contributed by atoms with E-state index in [4.69, 9.17) is 27.4 Å². The lowest BCUT2D eigenvalue weighted by Gasteiger charge is -2.13. The van der Waals surface area contributed by atoms with Crippen LogP contribution in [0.4, 0.5) is 0 Å². The Morgan fingerprint density at radius 2 is 2.38 bits per heavy atom. The molecule has 0 bridgehead atoms. The molecule has 16 heavy (non-hydrogen) atoms. The average Bonchev–Trinajstić information content (AvgIpc) is 2.70. The van der Waals surface area contributed by atoms with E-state index in [0.717, 1.165) is 28.8 Å².